The summed E-state index contributed by atoms with van der Waals surface area (Å²) in [6.45, 7) is 7.62. The van der Waals surface area contributed by atoms with Gasteiger partial charge in [0.2, 0.25) is 0 Å². The van der Waals surface area contributed by atoms with E-state index in [0.717, 1.165) is 33.9 Å². The van der Waals surface area contributed by atoms with Crippen LogP contribution in [0.4, 0.5) is 11.4 Å². The van der Waals surface area contributed by atoms with E-state index in [9.17, 15) is 0 Å². The van der Waals surface area contributed by atoms with E-state index in [4.69, 9.17) is 51.4 Å². The Kier molecular flexibility index (Phi) is 16.3. The van der Waals surface area contributed by atoms with Crippen LogP contribution >= 0.6 is 46.4 Å². The molecule has 183 valence electrons. The van der Waals surface area contributed by atoms with Gasteiger partial charge in [-0.1, -0.05) is 52.5 Å². The van der Waals surface area contributed by atoms with Crippen molar-refractivity contribution in [1.82, 2.24) is 4.98 Å². The quantitative estimate of drug-likeness (QED) is 0.283. The van der Waals surface area contributed by atoms with E-state index < -0.39 is 0 Å². The molecule has 0 aliphatic carbocycles. The van der Waals surface area contributed by atoms with Gasteiger partial charge in [0.1, 0.15) is 0 Å². The molecular formula is C23H19Cl7FeN3. The van der Waals surface area contributed by atoms with Crippen molar-refractivity contribution in [3.8, 4) is 0 Å². The summed E-state index contributed by atoms with van der Waals surface area (Å²) in [5, 5.41) is 2.16. The van der Waals surface area contributed by atoms with Gasteiger partial charge in [-0.3, -0.25) is 0 Å². The van der Waals surface area contributed by atoms with Crippen molar-refractivity contribution < 1.29 is 54.3 Å². The fourth-order valence-corrected chi connectivity index (χ4v) is 4.24. The Morgan fingerprint density at radius 2 is 1.03 bits per heavy atom. The molecule has 0 spiro atoms. The van der Waals surface area contributed by atoms with Crippen LogP contribution in [0.15, 0.2) is 52.4 Å². The van der Waals surface area contributed by atoms with Crippen LogP contribution in [0.25, 0.3) is 0 Å². The van der Waals surface area contributed by atoms with E-state index >= 15 is 0 Å². The number of nitrogens with zero attached hydrogens (tertiary/aromatic N) is 3. The molecule has 0 aliphatic heterocycles. The minimum atomic E-state index is 0. The maximum atomic E-state index is 6.33. The molecule has 0 amide bonds. The average Bonchev–Trinajstić information content (AvgIpc) is 2.67. The van der Waals surface area contributed by atoms with Crippen molar-refractivity contribution in [1.29, 1.82) is 0 Å². The van der Waals surface area contributed by atoms with Gasteiger partial charge < -0.3 is 37.2 Å². The Labute approximate surface area is 249 Å². The number of aromatic nitrogens is 1. The smallest absolute Gasteiger partial charge is 1.00 e. The van der Waals surface area contributed by atoms with E-state index in [2.05, 4.69) is 9.98 Å². The molecule has 1 heterocycles. The van der Waals surface area contributed by atoms with E-state index in [0.29, 0.717) is 31.5 Å². The van der Waals surface area contributed by atoms with Crippen LogP contribution in [0.5, 0.6) is 0 Å². The number of halogens is 7. The summed E-state index contributed by atoms with van der Waals surface area (Å²) in [6, 6.07) is 12.7. The third kappa shape index (κ3) is 8.85. The Morgan fingerprint density at radius 1 is 0.676 bits per heavy atom. The summed E-state index contributed by atoms with van der Waals surface area (Å²) in [4.78, 5) is 14.1. The van der Waals surface area contributed by atoms with Crippen LogP contribution in [0.3, 0.4) is 0 Å². The Balaban J connectivity index is 0. The second-order valence-electron chi connectivity index (χ2n) is 6.91. The second-order valence-corrected chi connectivity index (χ2v) is 8.60. The standard InChI is InChI=1S/C23H19Cl4N3.3ClH.Fe/c1-12-8-16(24)10-18(26)22(12)28-14(3)20-6-5-7-21(30-20)15(4)29-23-13(2)9-17(25)11-19(23)27;;;;/h5-11H,1-4H3;3*1H;/q;;;;+3/p-3. The molecule has 34 heavy (non-hydrogen) atoms. The number of pyridine rings is 1. The zero-order chi connectivity index (χ0) is 22.0. The van der Waals surface area contributed by atoms with Crippen LogP contribution in [-0.2, 0) is 17.1 Å². The minimum Gasteiger partial charge on any atom is -1.00 e. The third-order valence-electron chi connectivity index (χ3n) is 4.49. The molecule has 3 nitrogen and oxygen atoms in total. The number of hydrogen-bond acceptors (Lipinski definition) is 3. The monoisotopic (exact) mass is 638 g/mol. The molecule has 0 unspecified atom stereocenters. The third-order valence-corrected chi connectivity index (χ3v) is 5.50. The first kappa shape index (κ1) is 35.6. The first-order chi connectivity index (χ1) is 14.2. The maximum absolute atomic E-state index is 6.33. The van der Waals surface area contributed by atoms with Gasteiger partial charge in [-0.05, 0) is 75.2 Å². The van der Waals surface area contributed by atoms with Gasteiger partial charge in [0.15, 0.2) is 0 Å². The van der Waals surface area contributed by atoms with Crippen LogP contribution in [-0.4, -0.2) is 16.4 Å². The van der Waals surface area contributed by atoms with Gasteiger partial charge in [0.25, 0.3) is 0 Å². The molecule has 0 atom stereocenters. The molecule has 2 aromatic carbocycles. The van der Waals surface area contributed by atoms with Crippen LogP contribution in [0.2, 0.25) is 20.1 Å². The van der Waals surface area contributed by atoms with Crippen molar-refractivity contribution in [3.05, 3.63) is 85.1 Å². The number of rotatable bonds is 4. The van der Waals surface area contributed by atoms with E-state index in [-0.39, 0.29) is 54.3 Å². The number of benzene rings is 2. The summed E-state index contributed by atoms with van der Waals surface area (Å²) < 4.78 is 0. The first-order valence-electron chi connectivity index (χ1n) is 9.15. The zero-order valence-electron chi connectivity index (χ0n) is 18.4. The second kappa shape index (κ2) is 15.6. The van der Waals surface area contributed by atoms with Crippen LogP contribution in [0.1, 0.15) is 36.4 Å². The molecule has 11 heteroatoms. The molecule has 0 saturated carbocycles. The molecule has 0 N–H and O–H groups in total. The molecule has 3 aromatic rings. The molecule has 0 fully saturated rings. The summed E-state index contributed by atoms with van der Waals surface area (Å²) in [5.74, 6) is 0. The largest absolute Gasteiger partial charge is 3.00 e. The van der Waals surface area contributed by atoms with Gasteiger partial charge in [-0.25, -0.2) is 15.0 Å². The van der Waals surface area contributed by atoms with E-state index in [1.54, 1.807) is 12.1 Å². The van der Waals surface area contributed by atoms with Gasteiger partial charge in [0, 0.05) is 10.0 Å². The van der Waals surface area contributed by atoms with Crippen molar-refractivity contribution in [3.63, 3.8) is 0 Å². The van der Waals surface area contributed by atoms with Gasteiger partial charge >= 0.3 is 17.1 Å². The number of aryl methyl sites for hydroxylation is 2. The van der Waals surface area contributed by atoms with Crippen molar-refractivity contribution in [2.75, 3.05) is 0 Å². The molecule has 1 radical (unpaired) electrons. The molecule has 1 aromatic heterocycles. The molecule has 0 saturated heterocycles. The average molecular weight is 641 g/mol. The Hall–Kier alpha value is -0.521. The minimum absolute atomic E-state index is 0. The molecular weight excluding hydrogens is 622 g/mol. The predicted octanol–water partition coefficient (Wildman–Crippen LogP) is -0.397. The molecule has 0 bridgehead atoms. The normalized spacial score (nSPS) is 10.9. The van der Waals surface area contributed by atoms with Crippen LogP contribution < -0.4 is 37.2 Å². The fraction of sp³-hybridized carbons (Fsp3) is 0.174. The topological polar surface area (TPSA) is 37.6 Å². The first-order valence-corrected chi connectivity index (χ1v) is 10.7. The predicted molar refractivity (Wildman–Crippen MR) is 130 cm³/mol. The van der Waals surface area contributed by atoms with E-state index in [1.165, 1.54) is 0 Å². The van der Waals surface area contributed by atoms with Crippen LogP contribution in [0, 0.1) is 13.8 Å². The number of aliphatic imine (C=N–C) groups is 2. The van der Waals surface area contributed by atoms with Gasteiger partial charge in [0.05, 0.1) is 44.2 Å². The van der Waals surface area contributed by atoms with E-state index in [1.807, 2.05) is 58.0 Å². The summed E-state index contributed by atoms with van der Waals surface area (Å²) in [6.07, 6.45) is 0. The Morgan fingerprint density at radius 3 is 1.35 bits per heavy atom. The van der Waals surface area contributed by atoms with Crippen molar-refractivity contribution >= 4 is 69.2 Å². The summed E-state index contributed by atoms with van der Waals surface area (Å²) in [7, 11) is 0. The van der Waals surface area contributed by atoms with Gasteiger partial charge in [-0.15, -0.1) is 0 Å². The summed E-state index contributed by atoms with van der Waals surface area (Å²) >= 11 is 24.8. The van der Waals surface area contributed by atoms with Crippen molar-refractivity contribution in [2.45, 2.75) is 27.7 Å². The Bertz CT molecular complexity index is 1060. The summed E-state index contributed by atoms with van der Waals surface area (Å²) in [5.41, 5.74) is 6.08. The maximum Gasteiger partial charge on any atom is 3.00 e. The zero-order valence-corrected chi connectivity index (χ0v) is 24.8. The SMILES string of the molecule is CC(=Nc1c(C)cc(Cl)cc1Cl)c1cccc(C(C)=Nc2c(C)cc(Cl)cc2Cl)n1.[Cl-].[Cl-].[Cl-].[Fe+3]. The van der Waals surface area contributed by atoms with Crippen molar-refractivity contribution in [2.24, 2.45) is 9.98 Å². The fourth-order valence-electron chi connectivity index (χ4n) is 2.96. The number of hydrogen-bond donors (Lipinski definition) is 0. The molecule has 0 aliphatic rings. The van der Waals surface area contributed by atoms with Gasteiger partial charge in [-0.2, -0.15) is 0 Å². The molecule has 3 rings (SSSR count).